The minimum Gasteiger partial charge on any atom is -0.228 e. The Morgan fingerprint density at radius 1 is 0.947 bits per heavy atom. The van der Waals surface area contributed by atoms with Crippen LogP contribution in [0, 0.1) is 5.82 Å². The minimum atomic E-state index is -3.28. The fourth-order valence-corrected chi connectivity index (χ4v) is 3.35. The molecular formula is C14H14BFO2S. The Balaban J connectivity index is 2.15. The molecule has 0 bridgehead atoms. The summed E-state index contributed by atoms with van der Waals surface area (Å²) >= 11 is 0. The molecule has 0 N–H and O–H groups in total. The van der Waals surface area contributed by atoms with Crippen LogP contribution < -0.4 is 5.46 Å². The van der Waals surface area contributed by atoms with E-state index < -0.39 is 9.84 Å². The first-order chi connectivity index (χ1) is 8.96. The molecule has 0 amide bonds. The third kappa shape index (κ3) is 3.93. The number of rotatable bonds is 4. The molecule has 0 saturated heterocycles. The van der Waals surface area contributed by atoms with Crippen LogP contribution in [0.2, 0.25) is 0 Å². The van der Waals surface area contributed by atoms with Gasteiger partial charge in [-0.25, -0.2) is 12.8 Å². The maximum Gasteiger partial charge on any atom is 0.158 e. The van der Waals surface area contributed by atoms with Crippen LogP contribution >= 0.6 is 0 Å². The second-order valence-corrected chi connectivity index (χ2v) is 6.67. The lowest BCUT2D eigenvalue weighted by atomic mass is 9.95. The molecule has 5 heteroatoms. The van der Waals surface area contributed by atoms with Crippen molar-refractivity contribution in [1.82, 2.24) is 0 Å². The van der Waals surface area contributed by atoms with Crippen LogP contribution in [-0.4, -0.2) is 16.3 Å². The lowest BCUT2D eigenvalue weighted by molar-refractivity contribution is 0.594. The highest BCUT2D eigenvalue weighted by molar-refractivity contribution is 7.89. The Hall–Kier alpha value is -1.62. The first kappa shape index (κ1) is 13.8. The van der Waals surface area contributed by atoms with E-state index in [-0.39, 0.29) is 17.3 Å². The molecule has 0 heterocycles. The third-order valence-corrected chi connectivity index (χ3v) is 4.40. The Labute approximate surface area is 113 Å². The first-order valence-electron chi connectivity index (χ1n) is 5.96. The van der Waals surface area contributed by atoms with Crippen molar-refractivity contribution < 1.29 is 12.8 Å². The quantitative estimate of drug-likeness (QED) is 0.786. The fourth-order valence-electron chi connectivity index (χ4n) is 1.86. The second-order valence-electron chi connectivity index (χ2n) is 4.60. The standard InChI is InChI=1S/C14H14BFO2S/c15-13-7-6-12(8-14(13)16)10-19(17,18)9-11-4-2-1-3-5-11/h1-8H,9-10,15H2. The van der Waals surface area contributed by atoms with Crippen molar-refractivity contribution in [2.24, 2.45) is 0 Å². The lowest BCUT2D eigenvalue weighted by Gasteiger charge is -2.06. The average Bonchev–Trinajstić information content (AvgIpc) is 2.34. The van der Waals surface area contributed by atoms with Gasteiger partial charge in [0.25, 0.3) is 0 Å². The molecule has 0 unspecified atom stereocenters. The molecule has 0 atom stereocenters. The monoisotopic (exact) mass is 276 g/mol. The Bertz CT molecular complexity index is 669. The molecule has 0 aliphatic heterocycles. The normalized spacial score (nSPS) is 11.4. The van der Waals surface area contributed by atoms with Gasteiger partial charge < -0.3 is 0 Å². The summed E-state index contributed by atoms with van der Waals surface area (Å²) in [5, 5.41) is 0. The zero-order valence-electron chi connectivity index (χ0n) is 10.6. The highest BCUT2D eigenvalue weighted by Gasteiger charge is 2.13. The van der Waals surface area contributed by atoms with Crippen LogP contribution in [0.4, 0.5) is 4.39 Å². The van der Waals surface area contributed by atoms with Crippen molar-refractivity contribution in [3.63, 3.8) is 0 Å². The van der Waals surface area contributed by atoms with Gasteiger partial charge in [-0.3, -0.25) is 0 Å². The third-order valence-electron chi connectivity index (χ3n) is 2.85. The van der Waals surface area contributed by atoms with Gasteiger partial charge in [0, 0.05) is 0 Å². The number of halogens is 1. The summed E-state index contributed by atoms with van der Waals surface area (Å²) in [7, 11) is -1.63. The molecule has 0 saturated carbocycles. The molecule has 0 aromatic heterocycles. The van der Waals surface area contributed by atoms with Crippen LogP contribution in [-0.2, 0) is 21.3 Å². The van der Waals surface area contributed by atoms with Crippen LogP contribution in [0.25, 0.3) is 0 Å². The zero-order valence-corrected chi connectivity index (χ0v) is 11.5. The molecule has 2 nitrogen and oxygen atoms in total. The van der Waals surface area contributed by atoms with Gasteiger partial charge in [-0.15, -0.1) is 0 Å². The molecule has 2 aromatic carbocycles. The lowest BCUT2D eigenvalue weighted by Crippen LogP contribution is -2.11. The molecule has 19 heavy (non-hydrogen) atoms. The predicted molar refractivity (Wildman–Crippen MR) is 77.3 cm³/mol. The molecule has 98 valence electrons. The van der Waals surface area contributed by atoms with Crippen molar-refractivity contribution in [2.75, 3.05) is 0 Å². The number of hydrogen-bond acceptors (Lipinski definition) is 2. The summed E-state index contributed by atoms with van der Waals surface area (Å²) in [4.78, 5) is 0. The number of hydrogen-bond donors (Lipinski definition) is 0. The van der Waals surface area contributed by atoms with Gasteiger partial charge in [-0.05, 0) is 17.2 Å². The summed E-state index contributed by atoms with van der Waals surface area (Å²) in [6.07, 6.45) is 0. The number of sulfone groups is 1. The van der Waals surface area contributed by atoms with E-state index in [1.807, 2.05) is 6.07 Å². The first-order valence-corrected chi connectivity index (χ1v) is 7.78. The van der Waals surface area contributed by atoms with Crippen molar-refractivity contribution in [3.8, 4) is 0 Å². The summed E-state index contributed by atoms with van der Waals surface area (Å²) in [5.74, 6) is -0.532. The van der Waals surface area contributed by atoms with Gasteiger partial charge in [0.05, 0.1) is 11.5 Å². The summed E-state index contributed by atoms with van der Waals surface area (Å²) in [5.41, 5.74) is 1.75. The Kier molecular flexibility index (Phi) is 4.05. The summed E-state index contributed by atoms with van der Waals surface area (Å²) < 4.78 is 37.5. The van der Waals surface area contributed by atoms with E-state index >= 15 is 0 Å². The van der Waals surface area contributed by atoms with Gasteiger partial charge in [0.15, 0.2) is 9.84 Å². The Morgan fingerprint density at radius 3 is 2.21 bits per heavy atom. The van der Waals surface area contributed by atoms with E-state index in [2.05, 4.69) is 0 Å². The molecule has 0 aliphatic rings. The fraction of sp³-hybridized carbons (Fsp3) is 0.143. The molecule has 2 aromatic rings. The summed E-state index contributed by atoms with van der Waals surface area (Å²) in [6, 6.07) is 13.5. The van der Waals surface area contributed by atoms with Crippen LogP contribution in [0.3, 0.4) is 0 Å². The van der Waals surface area contributed by atoms with Crippen molar-refractivity contribution in [2.45, 2.75) is 11.5 Å². The molecular weight excluding hydrogens is 262 g/mol. The maximum absolute atomic E-state index is 13.4. The number of benzene rings is 2. The molecule has 0 aliphatic carbocycles. The average molecular weight is 276 g/mol. The van der Waals surface area contributed by atoms with Gasteiger partial charge in [0.2, 0.25) is 0 Å². The molecule has 0 radical (unpaired) electrons. The van der Waals surface area contributed by atoms with Crippen molar-refractivity contribution in [1.29, 1.82) is 0 Å². The highest BCUT2D eigenvalue weighted by Crippen LogP contribution is 2.12. The van der Waals surface area contributed by atoms with Gasteiger partial charge in [-0.2, -0.15) is 0 Å². The molecule has 0 fully saturated rings. The minimum absolute atomic E-state index is 0.0245. The summed E-state index contributed by atoms with van der Waals surface area (Å²) in [6.45, 7) is 0. The molecule has 2 rings (SSSR count). The molecule has 0 spiro atoms. The smallest absolute Gasteiger partial charge is 0.158 e. The van der Waals surface area contributed by atoms with E-state index in [9.17, 15) is 12.8 Å². The van der Waals surface area contributed by atoms with E-state index in [1.165, 1.54) is 6.07 Å². The highest BCUT2D eigenvalue weighted by atomic mass is 32.2. The van der Waals surface area contributed by atoms with E-state index in [4.69, 9.17) is 0 Å². The van der Waals surface area contributed by atoms with Gasteiger partial charge in [0.1, 0.15) is 13.7 Å². The second kappa shape index (κ2) is 5.57. The van der Waals surface area contributed by atoms with Crippen LogP contribution in [0.1, 0.15) is 11.1 Å². The predicted octanol–water partition coefficient (Wildman–Crippen LogP) is 1.20. The van der Waals surface area contributed by atoms with Gasteiger partial charge >= 0.3 is 0 Å². The van der Waals surface area contributed by atoms with Crippen LogP contribution in [0.5, 0.6) is 0 Å². The largest absolute Gasteiger partial charge is 0.228 e. The Morgan fingerprint density at radius 2 is 1.58 bits per heavy atom. The van der Waals surface area contributed by atoms with Crippen molar-refractivity contribution in [3.05, 3.63) is 65.5 Å². The van der Waals surface area contributed by atoms with Crippen molar-refractivity contribution >= 4 is 23.1 Å². The van der Waals surface area contributed by atoms with Crippen LogP contribution in [0.15, 0.2) is 48.5 Å². The van der Waals surface area contributed by atoms with E-state index in [0.717, 1.165) is 5.56 Å². The topological polar surface area (TPSA) is 34.1 Å². The SMILES string of the molecule is Bc1ccc(CS(=O)(=O)Cc2ccccc2)cc1F. The maximum atomic E-state index is 13.4. The van der Waals surface area contributed by atoms with E-state index in [1.54, 1.807) is 44.2 Å². The zero-order chi connectivity index (χ0) is 13.9. The van der Waals surface area contributed by atoms with Gasteiger partial charge in [-0.1, -0.05) is 47.9 Å². The van der Waals surface area contributed by atoms with E-state index in [0.29, 0.717) is 11.0 Å².